The van der Waals surface area contributed by atoms with Crippen LogP contribution in [0.25, 0.3) is 0 Å². The summed E-state index contributed by atoms with van der Waals surface area (Å²) >= 11 is 0. The molecule has 0 aliphatic rings. The lowest BCUT2D eigenvalue weighted by molar-refractivity contribution is -0.123. The van der Waals surface area contributed by atoms with E-state index in [9.17, 15) is 4.79 Å². The first-order valence-corrected chi connectivity index (χ1v) is 7.73. The fraction of sp³-hybridized carbons (Fsp3) is 0.938. The van der Waals surface area contributed by atoms with Gasteiger partial charge < -0.3 is 10.6 Å². The average molecular weight is 270 g/mol. The Morgan fingerprint density at radius 3 is 1.58 bits per heavy atom. The number of hydrogen-bond donors (Lipinski definition) is 2. The molecule has 3 nitrogen and oxygen atoms in total. The maximum Gasteiger partial charge on any atom is 0.236 e. The van der Waals surface area contributed by atoms with Gasteiger partial charge in [-0.3, -0.25) is 4.79 Å². The standard InChI is InChI=1S/C16H34N2O/c1-11(2)8-14(9-12(3)4)18-15(10-13(5)6)16(19)17-7/h11-15,18H,8-10H2,1-7H3,(H,17,19). The monoisotopic (exact) mass is 270 g/mol. The van der Waals surface area contributed by atoms with Crippen molar-refractivity contribution in [3.05, 3.63) is 0 Å². The van der Waals surface area contributed by atoms with Gasteiger partial charge in [0.15, 0.2) is 0 Å². The van der Waals surface area contributed by atoms with Crippen molar-refractivity contribution in [1.29, 1.82) is 0 Å². The van der Waals surface area contributed by atoms with Crippen LogP contribution in [0, 0.1) is 17.8 Å². The molecule has 0 heterocycles. The van der Waals surface area contributed by atoms with E-state index >= 15 is 0 Å². The minimum Gasteiger partial charge on any atom is -0.358 e. The number of amides is 1. The van der Waals surface area contributed by atoms with Gasteiger partial charge in [0.2, 0.25) is 5.91 Å². The van der Waals surface area contributed by atoms with Gasteiger partial charge in [0.05, 0.1) is 6.04 Å². The highest BCUT2D eigenvalue weighted by Crippen LogP contribution is 2.16. The molecule has 0 aromatic rings. The molecule has 19 heavy (non-hydrogen) atoms. The summed E-state index contributed by atoms with van der Waals surface area (Å²) in [4.78, 5) is 12.0. The van der Waals surface area contributed by atoms with E-state index in [1.54, 1.807) is 7.05 Å². The van der Waals surface area contributed by atoms with E-state index in [1.807, 2.05) is 0 Å². The fourth-order valence-electron chi connectivity index (χ4n) is 2.55. The lowest BCUT2D eigenvalue weighted by Gasteiger charge is -2.28. The van der Waals surface area contributed by atoms with Crippen molar-refractivity contribution >= 4 is 5.91 Å². The molecule has 0 aliphatic heterocycles. The van der Waals surface area contributed by atoms with E-state index in [4.69, 9.17) is 0 Å². The van der Waals surface area contributed by atoms with E-state index in [-0.39, 0.29) is 11.9 Å². The van der Waals surface area contributed by atoms with E-state index in [0.29, 0.717) is 23.8 Å². The van der Waals surface area contributed by atoms with Gasteiger partial charge in [-0.15, -0.1) is 0 Å². The Kier molecular flexibility index (Phi) is 9.07. The van der Waals surface area contributed by atoms with Crippen LogP contribution in [0.4, 0.5) is 0 Å². The van der Waals surface area contributed by atoms with Gasteiger partial charge in [0.25, 0.3) is 0 Å². The minimum absolute atomic E-state index is 0.0625. The van der Waals surface area contributed by atoms with Gasteiger partial charge in [-0.2, -0.15) is 0 Å². The molecule has 1 amide bonds. The third-order valence-electron chi connectivity index (χ3n) is 3.22. The van der Waals surface area contributed by atoms with Crippen molar-refractivity contribution in [1.82, 2.24) is 10.6 Å². The molecule has 114 valence electrons. The average Bonchev–Trinajstić information content (AvgIpc) is 2.24. The predicted octanol–water partition coefficient (Wildman–Crippen LogP) is 3.20. The fourth-order valence-corrected chi connectivity index (χ4v) is 2.55. The van der Waals surface area contributed by atoms with E-state index < -0.39 is 0 Å². The summed E-state index contributed by atoms with van der Waals surface area (Å²) in [5, 5.41) is 6.37. The molecule has 0 bridgehead atoms. The smallest absolute Gasteiger partial charge is 0.236 e. The molecule has 0 aromatic carbocycles. The summed E-state index contributed by atoms with van der Waals surface area (Å²) in [6.45, 7) is 13.3. The second kappa shape index (κ2) is 9.35. The van der Waals surface area contributed by atoms with Gasteiger partial charge in [-0.05, 0) is 37.0 Å². The lowest BCUT2D eigenvalue weighted by Crippen LogP contribution is -2.48. The van der Waals surface area contributed by atoms with Gasteiger partial charge in [0, 0.05) is 13.1 Å². The highest BCUT2D eigenvalue weighted by atomic mass is 16.2. The Morgan fingerprint density at radius 1 is 0.842 bits per heavy atom. The van der Waals surface area contributed by atoms with Crippen LogP contribution in [0.1, 0.15) is 60.8 Å². The van der Waals surface area contributed by atoms with E-state index in [1.165, 1.54) is 0 Å². The lowest BCUT2D eigenvalue weighted by atomic mass is 9.93. The van der Waals surface area contributed by atoms with Crippen LogP contribution in [-0.4, -0.2) is 25.0 Å². The van der Waals surface area contributed by atoms with Crippen molar-refractivity contribution in [3.63, 3.8) is 0 Å². The first-order chi connectivity index (χ1) is 8.76. The molecule has 0 rings (SSSR count). The highest BCUT2D eigenvalue weighted by Gasteiger charge is 2.23. The van der Waals surface area contributed by atoms with Gasteiger partial charge >= 0.3 is 0 Å². The van der Waals surface area contributed by atoms with Crippen LogP contribution >= 0.6 is 0 Å². The summed E-state index contributed by atoms with van der Waals surface area (Å²) in [6.07, 6.45) is 3.15. The van der Waals surface area contributed by atoms with E-state index in [2.05, 4.69) is 52.2 Å². The van der Waals surface area contributed by atoms with Crippen molar-refractivity contribution in [3.8, 4) is 0 Å². The molecule has 1 unspecified atom stereocenters. The SMILES string of the molecule is CNC(=O)C(CC(C)C)NC(CC(C)C)CC(C)C. The number of nitrogens with one attached hydrogen (secondary N) is 2. The van der Waals surface area contributed by atoms with Crippen molar-refractivity contribution in [2.75, 3.05) is 7.05 Å². The zero-order valence-corrected chi connectivity index (χ0v) is 13.9. The first kappa shape index (κ1) is 18.4. The van der Waals surface area contributed by atoms with Crippen LogP contribution in [0.5, 0.6) is 0 Å². The molecule has 0 saturated carbocycles. The highest BCUT2D eigenvalue weighted by molar-refractivity contribution is 5.81. The second-order valence-electron chi connectivity index (χ2n) is 6.92. The minimum atomic E-state index is -0.0625. The number of carbonyl (C=O) groups excluding carboxylic acids is 1. The molecule has 0 fully saturated rings. The summed E-state index contributed by atoms with van der Waals surface area (Å²) in [6, 6.07) is 0.369. The maximum absolute atomic E-state index is 12.0. The van der Waals surface area contributed by atoms with Gasteiger partial charge in [0.1, 0.15) is 0 Å². The van der Waals surface area contributed by atoms with Crippen molar-refractivity contribution in [2.45, 2.75) is 72.9 Å². The van der Waals surface area contributed by atoms with E-state index in [0.717, 1.165) is 19.3 Å². The molecule has 0 saturated heterocycles. The predicted molar refractivity (Wildman–Crippen MR) is 83.1 cm³/mol. The topological polar surface area (TPSA) is 41.1 Å². The summed E-state index contributed by atoms with van der Waals surface area (Å²) in [5.74, 6) is 1.95. The Morgan fingerprint density at radius 2 is 1.26 bits per heavy atom. The van der Waals surface area contributed by atoms with Crippen molar-refractivity contribution in [2.24, 2.45) is 17.8 Å². The number of hydrogen-bond acceptors (Lipinski definition) is 2. The van der Waals surface area contributed by atoms with Crippen LogP contribution in [0.2, 0.25) is 0 Å². The molecule has 3 heteroatoms. The number of carbonyl (C=O) groups is 1. The van der Waals surface area contributed by atoms with Gasteiger partial charge in [-0.25, -0.2) is 0 Å². The molecule has 0 aromatic heterocycles. The maximum atomic E-state index is 12.0. The normalized spacial score (nSPS) is 13.6. The molecule has 1 atom stereocenters. The van der Waals surface area contributed by atoms with Crippen molar-refractivity contribution < 1.29 is 4.79 Å². The first-order valence-electron chi connectivity index (χ1n) is 7.73. The Balaban J connectivity index is 4.65. The molecule has 2 N–H and O–H groups in total. The summed E-state index contributed by atoms with van der Waals surface area (Å²) in [7, 11) is 1.72. The Bertz CT molecular complexity index is 239. The molecule has 0 spiro atoms. The zero-order chi connectivity index (χ0) is 15.0. The number of likely N-dealkylation sites (N-methyl/N-ethyl adjacent to an activating group) is 1. The summed E-state index contributed by atoms with van der Waals surface area (Å²) in [5.41, 5.74) is 0. The van der Waals surface area contributed by atoms with Crippen LogP contribution in [0.3, 0.4) is 0 Å². The molecular formula is C16H34N2O. The van der Waals surface area contributed by atoms with Crippen LogP contribution in [-0.2, 0) is 4.79 Å². The summed E-state index contributed by atoms with van der Waals surface area (Å²) < 4.78 is 0. The van der Waals surface area contributed by atoms with Crippen LogP contribution < -0.4 is 10.6 Å². The molecule has 0 radical (unpaired) electrons. The number of rotatable bonds is 9. The Hall–Kier alpha value is -0.570. The Labute approximate surface area is 119 Å². The van der Waals surface area contributed by atoms with Gasteiger partial charge in [-0.1, -0.05) is 41.5 Å². The zero-order valence-electron chi connectivity index (χ0n) is 13.9. The largest absolute Gasteiger partial charge is 0.358 e. The second-order valence-corrected chi connectivity index (χ2v) is 6.92. The molecular weight excluding hydrogens is 236 g/mol. The third kappa shape index (κ3) is 9.04. The molecule has 0 aliphatic carbocycles. The van der Waals surface area contributed by atoms with Crippen LogP contribution in [0.15, 0.2) is 0 Å². The third-order valence-corrected chi connectivity index (χ3v) is 3.22. The quantitative estimate of drug-likeness (QED) is 0.675.